The molecular formula is C27H38Br2O8S2. The van der Waals surface area contributed by atoms with Crippen LogP contribution in [0.5, 0.6) is 0 Å². The van der Waals surface area contributed by atoms with Crippen LogP contribution in [-0.2, 0) is 38.1 Å². The van der Waals surface area contributed by atoms with Crippen LogP contribution in [-0.4, -0.2) is 54.5 Å². The van der Waals surface area contributed by atoms with E-state index < -0.39 is 31.4 Å². The van der Waals surface area contributed by atoms with E-state index in [9.17, 15) is 16.8 Å². The summed E-state index contributed by atoms with van der Waals surface area (Å²) in [5.74, 6) is 0. The van der Waals surface area contributed by atoms with Crippen molar-refractivity contribution in [2.45, 2.75) is 80.8 Å². The summed E-state index contributed by atoms with van der Waals surface area (Å²) in [5, 5.41) is 0. The van der Waals surface area contributed by atoms with Gasteiger partial charge in [-0.1, -0.05) is 31.9 Å². The highest BCUT2D eigenvalue weighted by atomic mass is 79.9. The molecule has 0 unspecified atom stereocenters. The van der Waals surface area contributed by atoms with E-state index >= 15 is 0 Å². The van der Waals surface area contributed by atoms with Gasteiger partial charge in [-0.05, 0) is 108 Å². The fraction of sp³-hybridized carbons (Fsp3) is 0.556. The van der Waals surface area contributed by atoms with Gasteiger partial charge >= 0.3 is 0 Å². The van der Waals surface area contributed by atoms with Gasteiger partial charge in [0.25, 0.3) is 20.2 Å². The molecule has 0 spiro atoms. The van der Waals surface area contributed by atoms with E-state index in [4.69, 9.17) is 17.8 Å². The molecule has 0 N–H and O–H groups in total. The molecule has 2 aromatic rings. The first kappa shape index (κ1) is 34.3. The summed E-state index contributed by atoms with van der Waals surface area (Å²) < 4.78 is 72.8. The zero-order valence-corrected chi connectivity index (χ0v) is 27.6. The second-order valence-electron chi connectivity index (χ2n) is 10.2. The standard InChI is InChI=1S/C27H38Br2O8S2/c1-26(2,35-19-7-21-37-39(32,33)25-14-10-23(29)11-15-25)16-5-18-34-27(3,4)17-6-20-36-38(30,31)24-12-8-22(28)9-13-24/h8-15H,5-7,16-21H2,1-4H3. The van der Waals surface area contributed by atoms with Crippen LogP contribution in [0.15, 0.2) is 67.3 Å². The van der Waals surface area contributed by atoms with Crippen molar-refractivity contribution in [2.24, 2.45) is 0 Å². The van der Waals surface area contributed by atoms with Crippen molar-refractivity contribution in [3.63, 3.8) is 0 Å². The Morgan fingerprint density at radius 1 is 0.564 bits per heavy atom. The van der Waals surface area contributed by atoms with Crippen LogP contribution in [0.1, 0.15) is 59.8 Å². The summed E-state index contributed by atoms with van der Waals surface area (Å²) in [7, 11) is -7.57. The Hall–Kier alpha value is -0.860. The van der Waals surface area contributed by atoms with Gasteiger partial charge in [-0.15, -0.1) is 0 Å². The molecule has 0 saturated heterocycles. The summed E-state index contributed by atoms with van der Waals surface area (Å²) in [6, 6.07) is 12.6. The van der Waals surface area contributed by atoms with Gasteiger partial charge in [-0.2, -0.15) is 16.8 Å². The first-order valence-electron chi connectivity index (χ1n) is 12.7. The van der Waals surface area contributed by atoms with Gasteiger partial charge in [-0.3, -0.25) is 8.37 Å². The molecule has 0 saturated carbocycles. The Balaban J connectivity index is 1.59. The summed E-state index contributed by atoms with van der Waals surface area (Å²) in [6.07, 6.45) is 3.17. The van der Waals surface area contributed by atoms with Crippen molar-refractivity contribution in [2.75, 3.05) is 26.4 Å². The molecule has 0 heterocycles. The first-order valence-corrected chi connectivity index (χ1v) is 17.1. The smallest absolute Gasteiger partial charge is 0.296 e. The molecule has 0 aliphatic rings. The SMILES string of the molecule is CC(C)(CCCOC(C)(C)CCCOS(=O)(=O)c1ccc(Br)cc1)OCCCOS(=O)(=O)c1ccc(Br)cc1. The number of ether oxygens (including phenoxy) is 2. The summed E-state index contributed by atoms with van der Waals surface area (Å²) in [6.45, 7) is 8.95. The van der Waals surface area contributed by atoms with Crippen molar-refractivity contribution in [3.05, 3.63) is 57.5 Å². The predicted octanol–water partition coefficient (Wildman–Crippen LogP) is 6.86. The average molecular weight is 715 g/mol. The quantitative estimate of drug-likeness (QED) is 0.122. The van der Waals surface area contributed by atoms with Crippen LogP contribution in [0.25, 0.3) is 0 Å². The molecule has 0 aliphatic heterocycles. The molecule has 2 aromatic carbocycles. The predicted molar refractivity (Wildman–Crippen MR) is 158 cm³/mol. The molecule has 0 radical (unpaired) electrons. The lowest BCUT2D eigenvalue weighted by molar-refractivity contribution is -0.0533. The van der Waals surface area contributed by atoms with Crippen LogP contribution in [0.3, 0.4) is 0 Å². The molecule has 12 heteroatoms. The van der Waals surface area contributed by atoms with Gasteiger partial charge in [0.15, 0.2) is 0 Å². The molecule has 220 valence electrons. The van der Waals surface area contributed by atoms with Crippen molar-refractivity contribution in [1.29, 1.82) is 0 Å². The number of hydrogen-bond donors (Lipinski definition) is 0. The monoisotopic (exact) mass is 712 g/mol. The Morgan fingerprint density at radius 2 is 0.897 bits per heavy atom. The van der Waals surface area contributed by atoms with E-state index in [0.717, 1.165) is 21.8 Å². The minimum absolute atomic E-state index is 0.0416. The number of hydrogen-bond acceptors (Lipinski definition) is 8. The molecule has 0 amide bonds. The minimum Gasteiger partial charge on any atom is -0.376 e. The lowest BCUT2D eigenvalue weighted by atomic mass is 10.0. The van der Waals surface area contributed by atoms with Crippen molar-refractivity contribution >= 4 is 52.1 Å². The molecule has 39 heavy (non-hydrogen) atoms. The maximum absolute atomic E-state index is 12.3. The minimum atomic E-state index is -3.79. The van der Waals surface area contributed by atoms with E-state index in [-0.39, 0.29) is 23.0 Å². The van der Waals surface area contributed by atoms with Crippen LogP contribution in [0.2, 0.25) is 0 Å². The van der Waals surface area contributed by atoms with Crippen molar-refractivity contribution in [3.8, 4) is 0 Å². The average Bonchev–Trinajstić information content (AvgIpc) is 2.85. The Labute approximate surface area is 250 Å². The van der Waals surface area contributed by atoms with Gasteiger partial charge in [0.05, 0.1) is 34.2 Å². The lowest BCUT2D eigenvalue weighted by Gasteiger charge is -2.28. The number of benzene rings is 2. The van der Waals surface area contributed by atoms with Crippen molar-refractivity contribution in [1.82, 2.24) is 0 Å². The molecular weight excluding hydrogens is 676 g/mol. The van der Waals surface area contributed by atoms with Crippen LogP contribution >= 0.6 is 31.9 Å². The highest BCUT2D eigenvalue weighted by molar-refractivity contribution is 9.10. The van der Waals surface area contributed by atoms with Crippen LogP contribution < -0.4 is 0 Å². The first-order chi connectivity index (χ1) is 18.1. The lowest BCUT2D eigenvalue weighted by Crippen LogP contribution is -2.28. The van der Waals surface area contributed by atoms with Crippen LogP contribution in [0.4, 0.5) is 0 Å². The molecule has 0 aromatic heterocycles. The fourth-order valence-corrected chi connectivity index (χ4v) is 5.99. The molecule has 8 nitrogen and oxygen atoms in total. The topological polar surface area (TPSA) is 105 Å². The highest BCUT2D eigenvalue weighted by Gasteiger charge is 2.22. The maximum atomic E-state index is 12.3. The second kappa shape index (κ2) is 15.4. The van der Waals surface area contributed by atoms with E-state index in [1.54, 1.807) is 24.3 Å². The van der Waals surface area contributed by atoms with E-state index in [2.05, 4.69) is 31.9 Å². The number of rotatable bonds is 18. The normalized spacial score (nSPS) is 13.1. The maximum Gasteiger partial charge on any atom is 0.296 e. The van der Waals surface area contributed by atoms with Gasteiger partial charge in [0, 0.05) is 22.2 Å². The molecule has 0 fully saturated rings. The summed E-state index contributed by atoms with van der Waals surface area (Å²) >= 11 is 6.56. The largest absolute Gasteiger partial charge is 0.376 e. The molecule has 0 aliphatic carbocycles. The zero-order valence-electron chi connectivity index (χ0n) is 22.8. The summed E-state index contributed by atoms with van der Waals surface area (Å²) in [5.41, 5.74) is -0.819. The Bertz CT molecular complexity index is 1230. The van der Waals surface area contributed by atoms with Gasteiger partial charge in [-0.25, -0.2) is 0 Å². The Kier molecular flexibility index (Phi) is 13.6. The van der Waals surface area contributed by atoms with Gasteiger partial charge in [0.2, 0.25) is 0 Å². The third kappa shape index (κ3) is 13.1. The zero-order chi connectivity index (χ0) is 29.2. The van der Waals surface area contributed by atoms with Crippen molar-refractivity contribution < 1.29 is 34.7 Å². The fourth-order valence-electron chi connectivity index (χ4n) is 3.57. The van der Waals surface area contributed by atoms with Crippen LogP contribution in [0, 0.1) is 0 Å². The third-order valence-corrected chi connectivity index (χ3v) is 9.51. The van der Waals surface area contributed by atoms with E-state index in [0.29, 0.717) is 32.5 Å². The molecule has 0 atom stereocenters. The Morgan fingerprint density at radius 3 is 1.31 bits per heavy atom. The van der Waals surface area contributed by atoms with Gasteiger partial charge < -0.3 is 9.47 Å². The van der Waals surface area contributed by atoms with Gasteiger partial charge in [0.1, 0.15) is 0 Å². The summed E-state index contributed by atoms with van der Waals surface area (Å²) in [4.78, 5) is 0.248. The molecule has 2 rings (SSSR count). The second-order valence-corrected chi connectivity index (χ2v) is 15.3. The molecule has 0 bridgehead atoms. The number of halogens is 2. The van der Waals surface area contributed by atoms with E-state index in [1.807, 2.05) is 27.7 Å². The third-order valence-electron chi connectivity index (χ3n) is 5.80. The van der Waals surface area contributed by atoms with E-state index in [1.165, 1.54) is 24.3 Å². The highest BCUT2D eigenvalue weighted by Crippen LogP contribution is 2.22.